The van der Waals surface area contributed by atoms with Crippen LogP contribution in [-0.2, 0) is 4.79 Å². The van der Waals surface area contributed by atoms with Crippen LogP contribution in [0.2, 0.25) is 5.02 Å². The number of nitrogens with two attached hydrogens (primary N) is 1. The average molecular weight is 270 g/mol. The zero-order valence-electron chi connectivity index (χ0n) is 10.2. The van der Waals surface area contributed by atoms with Crippen LogP contribution >= 0.6 is 11.6 Å². The van der Waals surface area contributed by atoms with Crippen LogP contribution in [-0.4, -0.2) is 17.9 Å². The normalized spacial score (nSPS) is 12.1. The molecule has 2 amide bonds. The Labute approximate surface area is 111 Å². The molecular formula is C12H16ClN3O2. The molecule has 1 aromatic rings. The number of hydrogen-bond acceptors (Lipinski definition) is 3. The number of benzene rings is 1. The van der Waals surface area contributed by atoms with Crippen molar-refractivity contribution in [3.63, 3.8) is 0 Å². The average Bonchev–Trinajstić information content (AvgIpc) is 2.35. The molecule has 1 atom stereocenters. The van der Waals surface area contributed by atoms with Crippen molar-refractivity contribution < 1.29 is 9.59 Å². The van der Waals surface area contributed by atoms with E-state index in [1.54, 1.807) is 24.3 Å². The molecule has 0 bridgehead atoms. The highest BCUT2D eigenvalue weighted by Gasteiger charge is 2.23. The second kappa shape index (κ2) is 6.37. The molecule has 0 aliphatic carbocycles. The summed E-state index contributed by atoms with van der Waals surface area (Å²) < 4.78 is 0. The van der Waals surface area contributed by atoms with Gasteiger partial charge in [0.1, 0.15) is 6.04 Å². The van der Waals surface area contributed by atoms with E-state index in [0.29, 0.717) is 10.6 Å². The minimum atomic E-state index is -0.668. The van der Waals surface area contributed by atoms with Crippen molar-refractivity contribution in [1.29, 1.82) is 0 Å². The Morgan fingerprint density at radius 3 is 2.22 bits per heavy atom. The third-order valence-electron chi connectivity index (χ3n) is 2.48. The fraction of sp³-hybridized carbons (Fsp3) is 0.333. The standard InChI is InChI=1S/C12H16ClN3O2/c1-7(2)10(12(18)16-14)15-11(17)8-3-5-9(13)6-4-8/h3-7,10H,14H2,1-2H3,(H,15,17)(H,16,18)/t10-/m1/s1. The molecule has 5 nitrogen and oxygen atoms in total. The van der Waals surface area contributed by atoms with Crippen molar-refractivity contribution in [2.45, 2.75) is 19.9 Å². The Kier molecular flexibility index (Phi) is 5.12. The summed E-state index contributed by atoms with van der Waals surface area (Å²) in [7, 11) is 0. The van der Waals surface area contributed by atoms with E-state index in [4.69, 9.17) is 17.4 Å². The number of hydrogen-bond donors (Lipinski definition) is 3. The predicted molar refractivity (Wildman–Crippen MR) is 69.9 cm³/mol. The van der Waals surface area contributed by atoms with Gasteiger partial charge in [0.15, 0.2) is 0 Å². The van der Waals surface area contributed by atoms with Crippen molar-refractivity contribution in [1.82, 2.24) is 10.7 Å². The maximum absolute atomic E-state index is 11.9. The van der Waals surface area contributed by atoms with E-state index in [-0.39, 0.29) is 11.8 Å². The first kappa shape index (κ1) is 14.5. The summed E-state index contributed by atoms with van der Waals surface area (Å²) in [5, 5.41) is 3.18. The Balaban J connectivity index is 2.78. The molecular weight excluding hydrogens is 254 g/mol. The highest BCUT2D eigenvalue weighted by atomic mass is 35.5. The lowest BCUT2D eigenvalue weighted by molar-refractivity contribution is -0.124. The molecule has 98 valence electrons. The van der Waals surface area contributed by atoms with Crippen molar-refractivity contribution >= 4 is 23.4 Å². The maximum atomic E-state index is 11.9. The van der Waals surface area contributed by atoms with Crippen LogP contribution in [0.25, 0.3) is 0 Å². The Morgan fingerprint density at radius 2 is 1.78 bits per heavy atom. The van der Waals surface area contributed by atoms with Gasteiger partial charge in [0, 0.05) is 10.6 Å². The summed E-state index contributed by atoms with van der Waals surface area (Å²) >= 11 is 5.73. The minimum Gasteiger partial charge on any atom is -0.340 e. The van der Waals surface area contributed by atoms with Gasteiger partial charge in [-0.2, -0.15) is 0 Å². The highest BCUT2D eigenvalue weighted by Crippen LogP contribution is 2.10. The van der Waals surface area contributed by atoms with Gasteiger partial charge < -0.3 is 5.32 Å². The third kappa shape index (κ3) is 3.72. The molecule has 0 radical (unpaired) electrons. The first-order valence-corrected chi connectivity index (χ1v) is 5.90. The molecule has 0 spiro atoms. The van der Waals surface area contributed by atoms with Crippen LogP contribution in [0.4, 0.5) is 0 Å². The van der Waals surface area contributed by atoms with Crippen molar-refractivity contribution in [2.75, 3.05) is 0 Å². The Morgan fingerprint density at radius 1 is 1.22 bits per heavy atom. The predicted octanol–water partition coefficient (Wildman–Crippen LogP) is 1.08. The van der Waals surface area contributed by atoms with Gasteiger partial charge in [-0.25, -0.2) is 5.84 Å². The van der Waals surface area contributed by atoms with Crippen LogP contribution in [0.15, 0.2) is 24.3 Å². The van der Waals surface area contributed by atoms with Gasteiger partial charge in [0.25, 0.3) is 11.8 Å². The summed E-state index contributed by atoms with van der Waals surface area (Å²) in [5.74, 6) is 4.25. The van der Waals surface area contributed by atoms with Gasteiger partial charge in [0.05, 0.1) is 0 Å². The molecule has 6 heteroatoms. The molecule has 0 aromatic heterocycles. The summed E-state index contributed by atoms with van der Waals surface area (Å²) in [6.45, 7) is 3.64. The van der Waals surface area contributed by atoms with Crippen LogP contribution < -0.4 is 16.6 Å². The topological polar surface area (TPSA) is 84.2 Å². The molecule has 0 aliphatic rings. The number of carbonyl (C=O) groups is 2. The fourth-order valence-corrected chi connectivity index (χ4v) is 1.58. The van der Waals surface area contributed by atoms with Gasteiger partial charge in [-0.3, -0.25) is 15.0 Å². The van der Waals surface area contributed by atoms with Crippen LogP contribution in [0.5, 0.6) is 0 Å². The van der Waals surface area contributed by atoms with E-state index < -0.39 is 11.9 Å². The van der Waals surface area contributed by atoms with E-state index >= 15 is 0 Å². The molecule has 0 saturated heterocycles. The molecule has 18 heavy (non-hydrogen) atoms. The first-order chi connectivity index (χ1) is 8.45. The number of amides is 2. The van der Waals surface area contributed by atoms with E-state index in [0.717, 1.165) is 0 Å². The van der Waals surface area contributed by atoms with Crippen molar-refractivity contribution in [3.05, 3.63) is 34.9 Å². The summed E-state index contributed by atoms with van der Waals surface area (Å²) in [5.41, 5.74) is 2.48. The molecule has 0 unspecified atom stereocenters. The van der Waals surface area contributed by atoms with Gasteiger partial charge in [-0.05, 0) is 30.2 Å². The lowest BCUT2D eigenvalue weighted by Gasteiger charge is -2.20. The van der Waals surface area contributed by atoms with E-state index in [1.807, 2.05) is 19.3 Å². The Bertz CT molecular complexity index is 431. The molecule has 0 saturated carbocycles. The molecule has 1 aromatic carbocycles. The van der Waals surface area contributed by atoms with Gasteiger partial charge in [-0.15, -0.1) is 0 Å². The minimum absolute atomic E-state index is 0.0650. The number of nitrogens with one attached hydrogen (secondary N) is 2. The van der Waals surface area contributed by atoms with Crippen LogP contribution in [0, 0.1) is 5.92 Å². The fourth-order valence-electron chi connectivity index (χ4n) is 1.45. The largest absolute Gasteiger partial charge is 0.340 e. The molecule has 0 fully saturated rings. The van der Waals surface area contributed by atoms with E-state index in [2.05, 4.69) is 5.32 Å². The van der Waals surface area contributed by atoms with E-state index in [1.165, 1.54) is 0 Å². The van der Waals surface area contributed by atoms with E-state index in [9.17, 15) is 9.59 Å². The monoisotopic (exact) mass is 269 g/mol. The summed E-state index contributed by atoms with van der Waals surface area (Å²) in [4.78, 5) is 23.4. The number of halogens is 1. The molecule has 1 rings (SSSR count). The second-order valence-electron chi connectivity index (χ2n) is 4.21. The SMILES string of the molecule is CC(C)[C@@H](NC(=O)c1ccc(Cl)cc1)C(=O)NN. The zero-order chi connectivity index (χ0) is 13.7. The summed E-state index contributed by atoms with van der Waals surface area (Å²) in [6.07, 6.45) is 0. The van der Waals surface area contributed by atoms with Crippen molar-refractivity contribution in [2.24, 2.45) is 11.8 Å². The van der Waals surface area contributed by atoms with Gasteiger partial charge in [-0.1, -0.05) is 25.4 Å². The number of carbonyl (C=O) groups excluding carboxylic acids is 2. The zero-order valence-corrected chi connectivity index (χ0v) is 11.0. The van der Waals surface area contributed by atoms with Crippen molar-refractivity contribution in [3.8, 4) is 0 Å². The third-order valence-corrected chi connectivity index (χ3v) is 2.74. The number of rotatable bonds is 4. The Hall–Kier alpha value is -1.59. The lowest BCUT2D eigenvalue weighted by Crippen LogP contribution is -2.51. The maximum Gasteiger partial charge on any atom is 0.256 e. The highest BCUT2D eigenvalue weighted by molar-refractivity contribution is 6.30. The molecule has 4 N–H and O–H groups in total. The smallest absolute Gasteiger partial charge is 0.256 e. The van der Waals surface area contributed by atoms with Crippen LogP contribution in [0.1, 0.15) is 24.2 Å². The van der Waals surface area contributed by atoms with Gasteiger partial charge >= 0.3 is 0 Å². The lowest BCUT2D eigenvalue weighted by atomic mass is 10.0. The molecule has 0 heterocycles. The quantitative estimate of drug-likeness (QED) is 0.434. The second-order valence-corrected chi connectivity index (χ2v) is 4.65. The summed E-state index contributed by atoms with van der Waals surface area (Å²) in [6, 6.07) is 5.75. The van der Waals surface area contributed by atoms with Gasteiger partial charge in [0.2, 0.25) is 0 Å². The molecule has 0 aliphatic heterocycles. The number of hydrazine groups is 1. The first-order valence-electron chi connectivity index (χ1n) is 5.52. The van der Waals surface area contributed by atoms with Crippen LogP contribution in [0.3, 0.4) is 0 Å².